The van der Waals surface area contributed by atoms with E-state index in [4.69, 9.17) is 4.74 Å². The minimum absolute atomic E-state index is 0.224. The molecule has 1 N–H and O–H groups in total. The molecule has 3 aromatic carbocycles. The van der Waals surface area contributed by atoms with Crippen LogP contribution in [0.1, 0.15) is 27.6 Å². The number of Topliss-reactive ketones (excluding diaryl/α,β-unsaturated/α-hetero) is 1. The summed E-state index contributed by atoms with van der Waals surface area (Å²) >= 11 is 0. The number of sulfonamides is 1. The number of aromatic nitrogens is 1. The van der Waals surface area contributed by atoms with Gasteiger partial charge in [0, 0.05) is 22.2 Å². The van der Waals surface area contributed by atoms with E-state index in [0.29, 0.717) is 27.8 Å². The highest BCUT2D eigenvalue weighted by Crippen LogP contribution is 2.26. The van der Waals surface area contributed by atoms with Crippen LogP contribution in [0.25, 0.3) is 22.2 Å². The highest BCUT2D eigenvalue weighted by Gasteiger charge is 2.23. The minimum atomic E-state index is -3.44. The molecule has 4 aromatic rings. The van der Waals surface area contributed by atoms with Crippen molar-refractivity contribution in [3.05, 3.63) is 95.8 Å². The molecule has 178 valence electrons. The quantitative estimate of drug-likeness (QED) is 0.293. The standard InChI is InChI=1S/C26H21FN2O5S/c1-16(25(30)18-9-13-20(14-10-18)29-35(2,32)33)34-26(31)22-15-24(17-7-11-19(27)12-8-17)28-23-6-4-3-5-21(22)23/h3-16,29H,1-2H3. The van der Waals surface area contributed by atoms with Crippen molar-refractivity contribution < 1.29 is 27.1 Å². The Labute approximate surface area is 201 Å². The van der Waals surface area contributed by atoms with Crippen molar-refractivity contribution in [1.29, 1.82) is 0 Å². The number of halogens is 1. The number of anilines is 1. The van der Waals surface area contributed by atoms with Crippen molar-refractivity contribution in [2.75, 3.05) is 11.0 Å². The zero-order valence-electron chi connectivity index (χ0n) is 18.9. The summed E-state index contributed by atoms with van der Waals surface area (Å²) < 4.78 is 43.9. The zero-order chi connectivity index (χ0) is 25.2. The van der Waals surface area contributed by atoms with E-state index >= 15 is 0 Å². The van der Waals surface area contributed by atoms with Crippen LogP contribution in [0.4, 0.5) is 10.1 Å². The number of ether oxygens (including phenoxy) is 1. The van der Waals surface area contributed by atoms with Gasteiger partial charge in [-0.15, -0.1) is 0 Å². The first-order valence-electron chi connectivity index (χ1n) is 10.6. The molecular weight excluding hydrogens is 471 g/mol. The third-order valence-electron chi connectivity index (χ3n) is 5.20. The van der Waals surface area contributed by atoms with Crippen LogP contribution < -0.4 is 4.72 Å². The average Bonchev–Trinajstić information content (AvgIpc) is 2.82. The Morgan fingerprint density at radius 2 is 1.63 bits per heavy atom. The summed E-state index contributed by atoms with van der Waals surface area (Å²) in [6, 6.07) is 20.1. The number of fused-ring (bicyclic) bond motifs is 1. The summed E-state index contributed by atoms with van der Waals surface area (Å²) in [5.41, 5.74) is 2.43. The number of hydrogen-bond acceptors (Lipinski definition) is 6. The number of nitrogens with one attached hydrogen (secondary N) is 1. The summed E-state index contributed by atoms with van der Waals surface area (Å²) in [6.45, 7) is 1.47. The molecule has 1 aromatic heterocycles. The Morgan fingerprint density at radius 1 is 0.971 bits per heavy atom. The van der Waals surface area contributed by atoms with Gasteiger partial charge >= 0.3 is 5.97 Å². The number of rotatable bonds is 7. The lowest BCUT2D eigenvalue weighted by Crippen LogP contribution is -2.24. The second kappa shape index (κ2) is 9.63. The highest BCUT2D eigenvalue weighted by molar-refractivity contribution is 7.92. The number of benzene rings is 3. The van der Waals surface area contributed by atoms with E-state index in [0.717, 1.165) is 6.26 Å². The summed E-state index contributed by atoms with van der Waals surface area (Å²) in [7, 11) is -3.44. The van der Waals surface area contributed by atoms with E-state index in [1.807, 2.05) is 0 Å². The zero-order valence-corrected chi connectivity index (χ0v) is 19.7. The fraction of sp³-hybridized carbons (Fsp3) is 0.115. The molecule has 0 saturated heterocycles. The van der Waals surface area contributed by atoms with Gasteiger partial charge in [0.2, 0.25) is 15.8 Å². The number of carbonyl (C=O) groups excluding carboxylic acids is 2. The monoisotopic (exact) mass is 492 g/mol. The van der Waals surface area contributed by atoms with Crippen molar-refractivity contribution in [2.24, 2.45) is 0 Å². The van der Waals surface area contributed by atoms with Crippen LogP contribution in [0.5, 0.6) is 0 Å². The number of carbonyl (C=O) groups is 2. The normalized spacial score (nSPS) is 12.2. The van der Waals surface area contributed by atoms with E-state index in [9.17, 15) is 22.4 Å². The van der Waals surface area contributed by atoms with E-state index in [2.05, 4.69) is 9.71 Å². The Hall–Kier alpha value is -4.11. The molecule has 0 amide bonds. The van der Waals surface area contributed by atoms with Gasteiger partial charge in [0.1, 0.15) is 5.82 Å². The third-order valence-corrected chi connectivity index (χ3v) is 5.81. The van der Waals surface area contributed by atoms with Crippen LogP contribution in [0.3, 0.4) is 0 Å². The predicted molar refractivity (Wildman–Crippen MR) is 131 cm³/mol. The number of pyridine rings is 1. The van der Waals surface area contributed by atoms with E-state index in [-0.39, 0.29) is 16.9 Å². The lowest BCUT2D eigenvalue weighted by Gasteiger charge is -2.15. The molecule has 4 rings (SSSR count). The summed E-state index contributed by atoms with van der Waals surface area (Å²) in [4.78, 5) is 30.5. The van der Waals surface area contributed by atoms with Crippen molar-refractivity contribution in [3.63, 3.8) is 0 Å². The van der Waals surface area contributed by atoms with Gasteiger partial charge in [0.15, 0.2) is 6.10 Å². The molecule has 1 atom stereocenters. The SMILES string of the molecule is CC(OC(=O)c1cc(-c2ccc(F)cc2)nc2ccccc12)C(=O)c1ccc(NS(C)(=O)=O)cc1. The molecule has 7 nitrogen and oxygen atoms in total. The van der Waals surface area contributed by atoms with E-state index in [1.165, 1.54) is 43.3 Å². The number of hydrogen-bond donors (Lipinski definition) is 1. The van der Waals surface area contributed by atoms with Gasteiger partial charge in [-0.3, -0.25) is 9.52 Å². The fourth-order valence-corrected chi connectivity index (χ4v) is 4.11. The van der Waals surface area contributed by atoms with E-state index in [1.54, 1.807) is 42.5 Å². The van der Waals surface area contributed by atoms with Gasteiger partial charge in [0.25, 0.3) is 0 Å². The Kier molecular flexibility index (Phi) is 6.61. The van der Waals surface area contributed by atoms with Crippen molar-refractivity contribution in [3.8, 4) is 11.3 Å². The van der Waals surface area contributed by atoms with Crippen LogP contribution in [0.15, 0.2) is 78.9 Å². The Balaban J connectivity index is 1.59. The molecule has 0 aliphatic heterocycles. The molecule has 0 radical (unpaired) electrons. The van der Waals surface area contributed by atoms with Gasteiger partial charge in [0.05, 0.1) is 23.0 Å². The highest BCUT2D eigenvalue weighted by atomic mass is 32.2. The molecule has 0 bridgehead atoms. The summed E-state index contributed by atoms with van der Waals surface area (Å²) in [5.74, 6) is -1.54. The average molecular weight is 493 g/mol. The van der Waals surface area contributed by atoms with Gasteiger partial charge < -0.3 is 4.74 Å². The maximum atomic E-state index is 13.4. The smallest absolute Gasteiger partial charge is 0.339 e. The number of nitrogens with zero attached hydrogens (tertiary/aromatic N) is 1. The molecule has 1 heterocycles. The van der Waals surface area contributed by atoms with E-state index < -0.39 is 27.9 Å². The topological polar surface area (TPSA) is 102 Å². The first kappa shape index (κ1) is 24.0. The van der Waals surface area contributed by atoms with Crippen LogP contribution in [-0.4, -0.2) is 37.5 Å². The third kappa shape index (κ3) is 5.70. The molecule has 0 spiro atoms. The van der Waals surface area contributed by atoms with Crippen LogP contribution in [-0.2, 0) is 14.8 Å². The van der Waals surface area contributed by atoms with Gasteiger partial charge in [-0.2, -0.15) is 0 Å². The van der Waals surface area contributed by atoms with Crippen molar-refractivity contribution in [2.45, 2.75) is 13.0 Å². The second-order valence-corrected chi connectivity index (χ2v) is 9.69. The molecule has 35 heavy (non-hydrogen) atoms. The Morgan fingerprint density at radius 3 is 2.29 bits per heavy atom. The first-order valence-corrected chi connectivity index (χ1v) is 12.5. The second-order valence-electron chi connectivity index (χ2n) is 7.94. The molecule has 0 aliphatic rings. The molecule has 0 saturated carbocycles. The lowest BCUT2D eigenvalue weighted by molar-refractivity contribution is 0.0320. The van der Waals surface area contributed by atoms with Crippen LogP contribution in [0, 0.1) is 5.82 Å². The van der Waals surface area contributed by atoms with Gasteiger partial charge in [-0.1, -0.05) is 18.2 Å². The van der Waals surface area contributed by atoms with Gasteiger partial charge in [-0.05, 0) is 67.6 Å². The Bertz CT molecular complexity index is 1520. The molecule has 0 aliphatic carbocycles. The lowest BCUT2D eigenvalue weighted by atomic mass is 10.0. The van der Waals surface area contributed by atoms with Crippen LogP contribution in [0.2, 0.25) is 0 Å². The maximum Gasteiger partial charge on any atom is 0.339 e. The van der Waals surface area contributed by atoms with Crippen molar-refractivity contribution >= 4 is 38.4 Å². The summed E-state index contributed by atoms with van der Waals surface area (Å²) in [5, 5.41) is 0.555. The summed E-state index contributed by atoms with van der Waals surface area (Å²) in [6.07, 6.45) is -0.0739. The number of ketones is 1. The maximum absolute atomic E-state index is 13.4. The first-order chi connectivity index (χ1) is 16.6. The molecular formula is C26H21FN2O5S. The minimum Gasteiger partial charge on any atom is -0.451 e. The number of para-hydroxylation sites is 1. The number of esters is 1. The molecule has 0 fully saturated rings. The predicted octanol–water partition coefficient (Wildman–Crippen LogP) is 4.84. The largest absolute Gasteiger partial charge is 0.451 e. The molecule has 9 heteroatoms. The van der Waals surface area contributed by atoms with Gasteiger partial charge in [-0.25, -0.2) is 22.6 Å². The van der Waals surface area contributed by atoms with Crippen molar-refractivity contribution in [1.82, 2.24) is 4.98 Å². The molecule has 1 unspecified atom stereocenters. The van der Waals surface area contributed by atoms with Crippen LogP contribution >= 0.6 is 0 Å². The fourth-order valence-electron chi connectivity index (χ4n) is 3.54.